The number of furan rings is 1. The van der Waals surface area contributed by atoms with Crippen LogP contribution in [0.2, 0.25) is 0 Å². The molecule has 1 heterocycles. The smallest absolute Gasteiger partial charge is 0.143 e. The summed E-state index contributed by atoms with van der Waals surface area (Å²) in [6, 6.07) is 47.9. The molecule has 5 saturated carbocycles. The summed E-state index contributed by atoms with van der Waals surface area (Å²) < 4.78 is 6.82. The summed E-state index contributed by atoms with van der Waals surface area (Å²) in [7, 11) is 0. The van der Waals surface area contributed by atoms with Gasteiger partial charge in [0.2, 0.25) is 0 Å². The van der Waals surface area contributed by atoms with E-state index in [1.807, 2.05) is 0 Å². The summed E-state index contributed by atoms with van der Waals surface area (Å²) in [4.78, 5) is 2.51. The number of hydrogen-bond donors (Lipinski definition) is 0. The summed E-state index contributed by atoms with van der Waals surface area (Å²) in [5, 5.41) is 4.94. The maximum absolute atomic E-state index is 6.82. The second-order valence-corrected chi connectivity index (χ2v) is 16.8. The fourth-order valence-electron chi connectivity index (χ4n) is 11.8. The van der Waals surface area contributed by atoms with E-state index in [2.05, 4.69) is 132 Å². The molecule has 2 heteroatoms. The Bertz CT molecular complexity index is 2370. The molecule has 0 radical (unpaired) electrons. The molecule has 0 amide bonds. The van der Waals surface area contributed by atoms with E-state index in [4.69, 9.17) is 4.42 Å². The zero-order valence-electron chi connectivity index (χ0n) is 30.0. The predicted molar refractivity (Wildman–Crippen MR) is 217 cm³/mol. The van der Waals surface area contributed by atoms with Crippen LogP contribution in [0.15, 0.2) is 132 Å². The van der Waals surface area contributed by atoms with Crippen LogP contribution in [0.5, 0.6) is 0 Å². The van der Waals surface area contributed by atoms with Crippen molar-refractivity contribution in [1.29, 1.82) is 0 Å². The van der Waals surface area contributed by atoms with Gasteiger partial charge in [-0.05, 0) is 139 Å². The van der Waals surface area contributed by atoms with Crippen LogP contribution in [0.25, 0.3) is 43.8 Å². The van der Waals surface area contributed by atoms with Crippen LogP contribution >= 0.6 is 0 Å². The minimum absolute atomic E-state index is 0.590. The Morgan fingerprint density at radius 3 is 1.87 bits per heavy atom. The maximum Gasteiger partial charge on any atom is 0.143 e. The summed E-state index contributed by atoms with van der Waals surface area (Å²) in [6.45, 7) is 0. The van der Waals surface area contributed by atoms with Crippen LogP contribution in [0, 0.1) is 23.7 Å². The lowest BCUT2D eigenvalue weighted by atomic mass is 9.51. The first-order valence-electron chi connectivity index (χ1n) is 20.2. The Labute approximate surface area is 307 Å². The van der Waals surface area contributed by atoms with Crippen molar-refractivity contribution in [3.8, 4) is 11.1 Å². The van der Waals surface area contributed by atoms with E-state index in [1.165, 1.54) is 120 Å². The number of rotatable bonds is 6. The average Bonchev–Trinajstić information content (AvgIpc) is 3.58. The van der Waals surface area contributed by atoms with Crippen molar-refractivity contribution in [2.45, 2.75) is 76.0 Å². The Morgan fingerprint density at radius 2 is 1.15 bits per heavy atom. The highest BCUT2D eigenvalue weighted by Gasteiger charge is 2.48. The van der Waals surface area contributed by atoms with E-state index in [0.29, 0.717) is 5.92 Å². The second-order valence-electron chi connectivity index (χ2n) is 16.8. The molecule has 258 valence electrons. The van der Waals surface area contributed by atoms with E-state index in [-0.39, 0.29) is 0 Å². The summed E-state index contributed by atoms with van der Waals surface area (Å²) in [6.07, 6.45) is 13.8. The second kappa shape index (κ2) is 12.4. The molecule has 0 unspecified atom stereocenters. The molecule has 6 aromatic carbocycles. The first-order valence-corrected chi connectivity index (χ1v) is 20.2. The number of anilines is 3. The SMILES string of the molecule is c1ccc(-c2ccc(N(c3ccc(C4C5CC6CC(C5)CC4C6)cc3)c3cc4c(oc5cccc(C6CCCCC6)c54)c4ccccc34)cc2)cc1. The molecule has 2 nitrogen and oxygen atoms in total. The van der Waals surface area contributed by atoms with Gasteiger partial charge in [0.05, 0.1) is 5.69 Å². The fraction of sp³-hybridized carbons (Fsp3) is 0.320. The van der Waals surface area contributed by atoms with Crippen LogP contribution in [-0.2, 0) is 0 Å². The van der Waals surface area contributed by atoms with Crippen LogP contribution in [0.1, 0.15) is 87.2 Å². The summed E-state index contributed by atoms with van der Waals surface area (Å²) >= 11 is 0. The van der Waals surface area contributed by atoms with Gasteiger partial charge in [0.1, 0.15) is 11.2 Å². The van der Waals surface area contributed by atoms with Crippen molar-refractivity contribution in [3.05, 3.63) is 139 Å². The van der Waals surface area contributed by atoms with Crippen molar-refractivity contribution < 1.29 is 4.42 Å². The summed E-state index contributed by atoms with van der Waals surface area (Å²) in [5.74, 6) is 5.06. The molecule has 0 N–H and O–H groups in total. The number of hydrogen-bond acceptors (Lipinski definition) is 2. The van der Waals surface area contributed by atoms with Crippen molar-refractivity contribution in [2.24, 2.45) is 23.7 Å². The minimum Gasteiger partial charge on any atom is -0.455 e. The lowest BCUT2D eigenvalue weighted by molar-refractivity contribution is -0.00277. The van der Waals surface area contributed by atoms with Crippen molar-refractivity contribution in [3.63, 3.8) is 0 Å². The highest BCUT2D eigenvalue weighted by molar-refractivity contribution is 6.20. The van der Waals surface area contributed by atoms with Crippen molar-refractivity contribution in [1.82, 2.24) is 0 Å². The molecule has 4 bridgehead atoms. The molecule has 52 heavy (non-hydrogen) atoms. The molecular formula is C50H47NO. The van der Waals surface area contributed by atoms with Gasteiger partial charge in [-0.1, -0.05) is 110 Å². The van der Waals surface area contributed by atoms with E-state index in [0.717, 1.165) is 40.8 Å². The predicted octanol–water partition coefficient (Wildman–Crippen LogP) is 14.5. The van der Waals surface area contributed by atoms with E-state index < -0.39 is 0 Å². The average molecular weight is 678 g/mol. The normalized spacial score (nSPS) is 24.3. The van der Waals surface area contributed by atoms with Gasteiger partial charge in [-0.3, -0.25) is 0 Å². The van der Waals surface area contributed by atoms with Crippen molar-refractivity contribution >= 4 is 49.8 Å². The third-order valence-corrected chi connectivity index (χ3v) is 13.8. The fourth-order valence-corrected chi connectivity index (χ4v) is 11.8. The molecule has 7 aromatic rings. The van der Waals surface area contributed by atoms with Gasteiger partial charge < -0.3 is 9.32 Å². The van der Waals surface area contributed by atoms with Crippen LogP contribution in [-0.4, -0.2) is 0 Å². The van der Waals surface area contributed by atoms with Crippen LogP contribution in [0.3, 0.4) is 0 Å². The van der Waals surface area contributed by atoms with E-state index in [1.54, 1.807) is 5.56 Å². The molecule has 12 rings (SSSR count). The zero-order chi connectivity index (χ0) is 34.2. The van der Waals surface area contributed by atoms with Gasteiger partial charge in [0.25, 0.3) is 0 Å². The number of nitrogens with zero attached hydrogens (tertiary/aromatic N) is 1. The molecular weight excluding hydrogens is 631 g/mol. The highest BCUT2D eigenvalue weighted by atomic mass is 16.3. The molecule has 5 aliphatic rings. The maximum atomic E-state index is 6.82. The van der Waals surface area contributed by atoms with Gasteiger partial charge in [-0.15, -0.1) is 0 Å². The molecule has 0 saturated heterocycles. The standard InChI is InChI=1S/C50H47NO/c1-3-10-34(11-4-1)35-18-22-40(23-19-35)51(41-24-20-37(21-25-41)48-38-27-32-26-33(29-38)30-39(48)28-32)46-31-45-49-42(36-12-5-2-6-13-36)16-9-17-47(49)52-50(45)44-15-8-7-14-43(44)46/h1,3-4,7-11,14-25,31-33,36,38-39,48H,2,5-6,12-13,26-30H2. The molecule has 5 fully saturated rings. The lowest BCUT2D eigenvalue weighted by Crippen LogP contribution is -2.43. The molecule has 1 aromatic heterocycles. The summed E-state index contributed by atoms with van der Waals surface area (Å²) in [5.41, 5.74) is 11.1. The Kier molecular flexibility index (Phi) is 7.34. The van der Waals surface area contributed by atoms with E-state index in [9.17, 15) is 0 Å². The molecule has 5 aliphatic carbocycles. The number of benzene rings is 6. The number of fused-ring (bicyclic) bond motifs is 5. The zero-order valence-corrected chi connectivity index (χ0v) is 30.0. The first kappa shape index (κ1) is 30.8. The molecule has 0 atom stereocenters. The Balaban J connectivity index is 1.09. The Hall–Kier alpha value is -4.82. The molecule has 0 aliphatic heterocycles. The third-order valence-electron chi connectivity index (χ3n) is 13.8. The monoisotopic (exact) mass is 677 g/mol. The van der Waals surface area contributed by atoms with Gasteiger partial charge in [-0.25, -0.2) is 0 Å². The quantitative estimate of drug-likeness (QED) is 0.174. The van der Waals surface area contributed by atoms with Gasteiger partial charge in [0.15, 0.2) is 0 Å². The topological polar surface area (TPSA) is 16.4 Å². The van der Waals surface area contributed by atoms with Gasteiger partial charge >= 0.3 is 0 Å². The van der Waals surface area contributed by atoms with Crippen LogP contribution < -0.4 is 4.90 Å². The lowest BCUT2D eigenvalue weighted by Gasteiger charge is -2.54. The highest BCUT2D eigenvalue weighted by Crippen LogP contribution is 2.60. The largest absolute Gasteiger partial charge is 0.455 e. The minimum atomic E-state index is 0.590. The molecule has 0 spiro atoms. The first-order chi connectivity index (χ1) is 25.7. The van der Waals surface area contributed by atoms with Crippen molar-refractivity contribution in [2.75, 3.05) is 4.90 Å². The Morgan fingerprint density at radius 1 is 0.519 bits per heavy atom. The van der Waals surface area contributed by atoms with E-state index >= 15 is 0 Å². The van der Waals surface area contributed by atoms with Gasteiger partial charge in [-0.2, -0.15) is 0 Å². The third kappa shape index (κ3) is 5.05. The van der Waals surface area contributed by atoms with Crippen LogP contribution in [0.4, 0.5) is 17.1 Å². The van der Waals surface area contributed by atoms with Gasteiger partial charge in [0, 0.05) is 32.9 Å².